The molecule has 2 heteroatoms. The van der Waals surface area contributed by atoms with E-state index >= 15 is 0 Å². The van der Waals surface area contributed by atoms with Crippen LogP contribution in [0.2, 0.25) is 0 Å². The van der Waals surface area contributed by atoms with Crippen molar-refractivity contribution in [1.82, 2.24) is 9.97 Å². The molecule has 11 rings (SSSR count). The predicted octanol–water partition coefficient (Wildman–Crippen LogP) is 14.6. The lowest BCUT2D eigenvalue weighted by atomic mass is 9.78. The van der Waals surface area contributed by atoms with E-state index in [0.29, 0.717) is 5.82 Å². The first kappa shape index (κ1) is 33.2. The number of hydrogen-bond acceptors (Lipinski definition) is 2. The van der Waals surface area contributed by atoms with E-state index in [-0.39, 0.29) is 5.41 Å². The summed E-state index contributed by atoms with van der Waals surface area (Å²) in [7, 11) is 0. The maximum Gasteiger partial charge on any atom is 0.161 e. The molecule has 1 heterocycles. The van der Waals surface area contributed by atoms with Crippen molar-refractivity contribution in [2.75, 3.05) is 0 Å². The minimum atomic E-state index is -0.170. The molecule has 0 atom stereocenters. The van der Waals surface area contributed by atoms with Gasteiger partial charge in [0.25, 0.3) is 0 Å². The summed E-state index contributed by atoms with van der Waals surface area (Å²) >= 11 is 0. The Morgan fingerprint density at radius 3 is 1.65 bits per heavy atom. The highest BCUT2D eigenvalue weighted by Crippen LogP contribution is 2.53. The van der Waals surface area contributed by atoms with Gasteiger partial charge in [0.2, 0.25) is 0 Å². The van der Waals surface area contributed by atoms with Crippen LogP contribution in [0, 0.1) is 0 Å². The van der Waals surface area contributed by atoms with Gasteiger partial charge in [-0.2, -0.15) is 0 Å². The molecule has 0 unspecified atom stereocenters. The van der Waals surface area contributed by atoms with Crippen molar-refractivity contribution in [2.24, 2.45) is 0 Å². The van der Waals surface area contributed by atoms with Crippen LogP contribution in [0.3, 0.4) is 0 Å². The van der Waals surface area contributed by atoms with Crippen LogP contribution in [-0.4, -0.2) is 9.97 Å². The molecular formula is C55H38N2. The van der Waals surface area contributed by atoms with Crippen LogP contribution in [0.1, 0.15) is 25.0 Å². The SMILES string of the molecule is CC1(C)c2ccccc2-c2cccc(-c3ccccc3-c3cc(-c4ccccc4-c4ccccc4)nc(-c4c5ccccc5cc5c4ccc4ccccc45)n3)c21. The van der Waals surface area contributed by atoms with Crippen LogP contribution in [0.15, 0.2) is 194 Å². The molecule has 0 saturated heterocycles. The van der Waals surface area contributed by atoms with Gasteiger partial charge in [-0.3, -0.25) is 0 Å². The molecular weight excluding hydrogens is 689 g/mol. The fourth-order valence-corrected chi connectivity index (χ4v) is 9.49. The molecule has 1 aliphatic rings. The first-order valence-corrected chi connectivity index (χ1v) is 19.8. The number of rotatable bonds is 5. The number of fused-ring (bicyclic) bond motifs is 7. The topological polar surface area (TPSA) is 25.8 Å². The molecule has 1 aromatic heterocycles. The Morgan fingerprint density at radius 1 is 0.351 bits per heavy atom. The van der Waals surface area contributed by atoms with Crippen LogP contribution in [0.4, 0.5) is 0 Å². The summed E-state index contributed by atoms with van der Waals surface area (Å²) in [5, 5.41) is 7.07. The Labute approximate surface area is 332 Å². The lowest BCUT2D eigenvalue weighted by molar-refractivity contribution is 0.662. The van der Waals surface area contributed by atoms with Gasteiger partial charge < -0.3 is 0 Å². The Hall–Kier alpha value is -7.16. The van der Waals surface area contributed by atoms with Gasteiger partial charge in [0.1, 0.15) is 0 Å². The maximum atomic E-state index is 5.63. The highest BCUT2D eigenvalue weighted by atomic mass is 14.9. The smallest absolute Gasteiger partial charge is 0.161 e. The fourth-order valence-electron chi connectivity index (χ4n) is 9.49. The third kappa shape index (κ3) is 5.25. The second-order valence-electron chi connectivity index (χ2n) is 15.7. The molecule has 0 spiro atoms. The molecule has 0 bridgehead atoms. The second kappa shape index (κ2) is 13.0. The summed E-state index contributed by atoms with van der Waals surface area (Å²) in [6.45, 7) is 4.72. The standard InChI is InChI=1S/C55H38N2/c1-55(2)49-30-15-14-25-42(49)47-29-16-28-46(53(47)55)41-24-11-13-27-44(41)51-34-50(43-26-12-10-21-38(43)35-17-4-3-5-18-35)56-54(57-51)52-40-23-9-7-20-37(40)33-48-39-22-8-6-19-36(39)31-32-45(48)52/h3-34H,1-2H3. The van der Waals surface area contributed by atoms with Crippen molar-refractivity contribution in [3.63, 3.8) is 0 Å². The van der Waals surface area contributed by atoms with Crippen LogP contribution in [0.25, 0.3) is 99.6 Å². The van der Waals surface area contributed by atoms with Gasteiger partial charge in [-0.1, -0.05) is 196 Å². The molecule has 10 aromatic rings. The summed E-state index contributed by atoms with van der Waals surface area (Å²) in [4.78, 5) is 11.2. The van der Waals surface area contributed by atoms with Gasteiger partial charge in [-0.25, -0.2) is 9.97 Å². The molecule has 268 valence electrons. The van der Waals surface area contributed by atoms with Gasteiger partial charge in [0, 0.05) is 22.1 Å². The summed E-state index contributed by atoms with van der Waals surface area (Å²) in [6, 6.07) is 70.1. The molecule has 0 aliphatic heterocycles. The van der Waals surface area contributed by atoms with Gasteiger partial charge in [-0.15, -0.1) is 0 Å². The fraction of sp³-hybridized carbons (Fsp3) is 0.0545. The molecule has 0 fully saturated rings. The minimum Gasteiger partial charge on any atom is -0.228 e. The minimum absolute atomic E-state index is 0.170. The van der Waals surface area contributed by atoms with Gasteiger partial charge >= 0.3 is 0 Å². The van der Waals surface area contributed by atoms with Crippen molar-refractivity contribution >= 4 is 32.3 Å². The lowest BCUT2D eigenvalue weighted by Gasteiger charge is -2.25. The Bertz CT molecular complexity index is 3210. The largest absolute Gasteiger partial charge is 0.228 e. The maximum absolute atomic E-state index is 5.63. The average molecular weight is 727 g/mol. The van der Waals surface area contributed by atoms with Gasteiger partial charge in [0.05, 0.1) is 11.4 Å². The van der Waals surface area contributed by atoms with E-state index in [1.54, 1.807) is 0 Å². The molecule has 0 saturated carbocycles. The number of hydrogen-bond donors (Lipinski definition) is 0. The monoisotopic (exact) mass is 726 g/mol. The zero-order valence-corrected chi connectivity index (χ0v) is 31.9. The Morgan fingerprint density at radius 2 is 0.895 bits per heavy atom. The van der Waals surface area contributed by atoms with E-state index in [1.165, 1.54) is 49.4 Å². The molecule has 9 aromatic carbocycles. The van der Waals surface area contributed by atoms with Crippen molar-refractivity contribution in [1.29, 1.82) is 0 Å². The quantitative estimate of drug-likeness (QED) is 0.130. The zero-order chi connectivity index (χ0) is 38.1. The predicted molar refractivity (Wildman–Crippen MR) is 239 cm³/mol. The number of aromatic nitrogens is 2. The van der Waals surface area contributed by atoms with E-state index in [1.807, 2.05) is 0 Å². The number of benzene rings is 9. The second-order valence-corrected chi connectivity index (χ2v) is 15.7. The molecule has 0 radical (unpaired) electrons. The van der Waals surface area contributed by atoms with Gasteiger partial charge in [-0.05, 0) is 89.0 Å². The average Bonchev–Trinajstić information content (AvgIpc) is 3.51. The van der Waals surface area contributed by atoms with E-state index < -0.39 is 0 Å². The van der Waals surface area contributed by atoms with E-state index in [0.717, 1.165) is 55.5 Å². The summed E-state index contributed by atoms with van der Waals surface area (Å²) < 4.78 is 0. The van der Waals surface area contributed by atoms with E-state index in [9.17, 15) is 0 Å². The van der Waals surface area contributed by atoms with Crippen LogP contribution in [0.5, 0.6) is 0 Å². The van der Waals surface area contributed by atoms with Crippen molar-refractivity contribution in [2.45, 2.75) is 19.3 Å². The molecule has 0 amide bonds. The molecule has 1 aliphatic carbocycles. The van der Waals surface area contributed by atoms with Gasteiger partial charge in [0.15, 0.2) is 5.82 Å². The normalized spacial score (nSPS) is 12.9. The summed E-state index contributed by atoms with van der Waals surface area (Å²) in [6.07, 6.45) is 0. The van der Waals surface area contributed by atoms with Crippen LogP contribution < -0.4 is 0 Å². The Kier molecular flexibility index (Phi) is 7.55. The highest BCUT2D eigenvalue weighted by Gasteiger charge is 2.37. The van der Waals surface area contributed by atoms with Crippen molar-refractivity contribution < 1.29 is 0 Å². The van der Waals surface area contributed by atoms with E-state index in [4.69, 9.17) is 9.97 Å². The summed E-state index contributed by atoms with van der Waals surface area (Å²) in [5.74, 6) is 0.711. The summed E-state index contributed by atoms with van der Waals surface area (Å²) in [5.41, 5.74) is 14.8. The van der Waals surface area contributed by atoms with Crippen LogP contribution in [-0.2, 0) is 5.41 Å². The molecule has 0 N–H and O–H groups in total. The van der Waals surface area contributed by atoms with Crippen molar-refractivity contribution in [3.8, 4) is 67.3 Å². The zero-order valence-electron chi connectivity index (χ0n) is 31.9. The third-order valence-corrected chi connectivity index (χ3v) is 12.1. The first-order chi connectivity index (χ1) is 28.0. The van der Waals surface area contributed by atoms with Crippen molar-refractivity contribution in [3.05, 3.63) is 205 Å². The first-order valence-electron chi connectivity index (χ1n) is 19.8. The van der Waals surface area contributed by atoms with E-state index in [2.05, 4.69) is 208 Å². The number of nitrogens with zero attached hydrogens (tertiary/aromatic N) is 2. The Balaban J connectivity index is 1.22. The van der Waals surface area contributed by atoms with Crippen LogP contribution >= 0.6 is 0 Å². The molecule has 2 nitrogen and oxygen atoms in total. The highest BCUT2D eigenvalue weighted by molar-refractivity contribution is 6.19. The lowest BCUT2D eigenvalue weighted by Crippen LogP contribution is -2.16. The third-order valence-electron chi connectivity index (χ3n) is 12.1. The molecule has 57 heavy (non-hydrogen) atoms.